The minimum Gasteiger partial charge on any atom is -0.462 e. The number of carbonyl (C=O) groups excluding carboxylic acids is 2. The zero-order valence-corrected chi connectivity index (χ0v) is 41.1. The Morgan fingerprint density at radius 2 is 1.43 bits per heavy atom. The summed E-state index contributed by atoms with van der Waals surface area (Å²) in [6, 6.07) is 1.24. The van der Waals surface area contributed by atoms with Gasteiger partial charge in [0.05, 0.1) is 19.3 Å². The molecule has 382 valence electrons. The van der Waals surface area contributed by atoms with Crippen molar-refractivity contribution < 1.29 is 71.4 Å². The van der Waals surface area contributed by atoms with Crippen LogP contribution in [0.25, 0.3) is 0 Å². The largest absolute Gasteiger partial charge is 0.481 e. The van der Waals surface area contributed by atoms with E-state index in [1.807, 2.05) is 18.2 Å². The molecule has 3 unspecified atom stereocenters. The van der Waals surface area contributed by atoms with Crippen LogP contribution in [-0.4, -0.2) is 96.9 Å². The molecule has 0 bridgehead atoms. The van der Waals surface area contributed by atoms with E-state index in [1.165, 1.54) is 31.7 Å². The van der Waals surface area contributed by atoms with E-state index in [4.69, 9.17) is 29.0 Å². The van der Waals surface area contributed by atoms with Gasteiger partial charge in [0.25, 0.3) is 0 Å². The summed E-state index contributed by atoms with van der Waals surface area (Å²) in [5.41, 5.74) is 4.57. The number of phosphoric acid groups is 2. The van der Waals surface area contributed by atoms with Gasteiger partial charge in [-0.2, -0.15) is 9.29 Å². The Kier molecular flexibility index (Phi) is 31.1. The number of nitrogens with two attached hydrogens (primary N) is 1. The third-order valence-electron chi connectivity index (χ3n) is 10.5. The van der Waals surface area contributed by atoms with Gasteiger partial charge < -0.3 is 45.1 Å². The Labute approximate surface area is 395 Å². The molecule has 0 amide bonds. The fourth-order valence-electron chi connectivity index (χ4n) is 6.78. The number of ether oxygens (including phenoxy) is 3. The lowest BCUT2D eigenvalue weighted by Crippen LogP contribution is -2.36. The molecule has 1 saturated heterocycles. The maximum absolute atomic E-state index is 12.8. The molecule has 67 heavy (non-hydrogen) atoms. The Morgan fingerprint density at radius 1 is 0.806 bits per heavy atom. The summed E-state index contributed by atoms with van der Waals surface area (Å²) in [6.45, 7) is 1.89. The molecule has 1 aromatic rings. The topological polar surface area (TPSA) is 286 Å². The third-order valence-corrected chi connectivity index (χ3v) is 13.1. The second-order valence-corrected chi connectivity index (χ2v) is 19.5. The summed E-state index contributed by atoms with van der Waals surface area (Å²) in [6.07, 6.45) is 26.5. The lowest BCUT2D eigenvalue weighted by atomic mass is 10.1. The molecular weight excluding hydrogens is 912 g/mol. The first kappa shape index (κ1) is 59.8. The number of phosphoric ester groups is 2. The SMILES string of the molecule is CC/C=C/C/C=C/C=C/C(O)CCCCCCCC(=O)O[C@H](COC(=O)CCCCCCC/C=C\CCCCCC)COP(=O)(O)OP(=O)(O)OC[C@H]1O[C@@H](n2ccc(N)nc2=O)[C@H](O)[C@@H]1O. The van der Waals surface area contributed by atoms with E-state index in [0.717, 1.165) is 81.4 Å². The summed E-state index contributed by atoms with van der Waals surface area (Å²) in [4.78, 5) is 61.8. The first-order valence-electron chi connectivity index (χ1n) is 23.8. The van der Waals surface area contributed by atoms with E-state index in [1.54, 1.807) is 6.08 Å². The molecule has 1 fully saturated rings. The maximum atomic E-state index is 12.8. The molecule has 0 spiro atoms. The summed E-state index contributed by atoms with van der Waals surface area (Å²) in [5, 5.41) is 31.1. The summed E-state index contributed by atoms with van der Waals surface area (Å²) >= 11 is 0. The highest BCUT2D eigenvalue weighted by molar-refractivity contribution is 7.61. The highest BCUT2D eigenvalue weighted by Crippen LogP contribution is 2.60. The standard InChI is InChI=1S/C46H77N3O16P2/c1-3-5-7-9-11-12-13-14-15-16-18-22-26-30-41(51)60-34-38(63-42(52)31-27-23-19-21-25-29-37(50)28-24-20-17-10-8-6-4-2)35-61-66(56,57)65-67(58,59)62-36-39-43(53)44(54)45(64-39)49-33-32-40(47)48-46(49)55/h6,8,12-13,17,20,24,28,32-33,37-39,43-45,50,53-54H,3-5,7,9-11,14-16,18-19,21-23,25-27,29-31,34-36H2,1-2H3,(H,56,57)(H,58,59)(H2,47,48,55)/b8-6+,13-12-,20-17+,28-24+/t37?,38-,39-,43-,44-,45-/m1/s1. The van der Waals surface area contributed by atoms with Gasteiger partial charge in [-0.25, -0.2) is 13.9 Å². The first-order valence-corrected chi connectivity index (χ1v) is 26.7. The van der Waals surface area contributed by atoms with Crippen molar-refractivity contribution in [1.29, 1.82) is 0 Å². The number of hydrogen-bond donors (Lipinski definition) is 6. The van der Waals surface area contributed by atoms with Crippen LogP contribution in [0.3, 0.4) is 0 Å². The van der Waals surface area contributed by atoms with Crippen molar-refractivity contribution in [2.75, 3.05) is 25.6 Å². The van der Waals surface area contributed by atoms with Gasteiger partial charge in [0.2, 0.25) is 0 Å². The van der Waals surface area contributed by atoms with Crippen molar-refractivity contribution in [3.63, 3.8) is 0 Å². The van der Waals surface area contributed by atoms with Gasteiger partial charge in [-0.15, -0.1) is 0 Å². The van der Waals surface area contributed by atoms with Crippen LogP contribution in [0.1, 0.15) is 155 Å². The van der Waals surface area contributed by atoms with E-state index in [0.29, 0.717) is 25.7 Å². The molecule has 2 heterocycles. The average molecular weight is 990 g/mol. The smallest absolute Gasteiger partial charge is 0.462 e. The molecule has 0 aromatic carbocycles. The number of rotatable bonds is 38. The molecule has 19 nitrogen and oxygen atoms in total. The second-order valence-electron chi connectivity index (χ2n) is 16.4. The molecule has 8 atom stereocenters. The zero-order valence-electron chi connectivity index (χ0n) is 39.3. The van der Waals surface area contributed by atoms with Crippen LogP contribution >= 0.6 is 15.6 Å². The minimum absolute atomic E-state index is 0.0224. The van der Waals surface area contributed by atoms with Crippen molar-refractivity contribution in [3.05, 3.63) is 71.4 Å². The summed E-state index contributed by atoms with van der Waals surface area (Å²) < 4.78 is 56.6. The number of aliphatic hydroxyl groups excluding tert-OH is 3. The molecule has 1 aliphatic rings. The number of esters is 2. The summed E-state index contributed by atoms with van der Waals surface area (Å²) in [5.74, 6) is -1.39. The van der Waals surface area contributed by atoms with Crippen LogP contribution in [0.2, 0.25) is 0 Å². The predicted octanol–water partition coefficient (Wildman–Crippen LogP) is 7.97. The van der Waals surface area contributed by atoms with Crippen LogP contribution in [0, 0.1) is 0 Å². The number of carbonyl (C=O) groups is 2. The van der Waals surface area contributed by atoms with E-state index < -0.39 is 89.8 Å². The number of nitrogen functional groups attached to an aromatic ring is 1. The highest BCUT2D eigenvalue weighted by Gasteiger charge is 2.46. The van der Waals surface area contributed by atoms with E-state index in [2.05, 4.69) is 47.4 Å². The lowest BCUT2D eigenvalue weighted by Gasteiger charge is -2.21. The molecule has 21 heteroatoms. The minimum atomic E-state index is -5.44. The predicted molar refractivity (Wildman–Crippen MR) is 253 cm³/mol. The molecule has 0 saturated carbocycles. The Hall–Kier alpha value is -3.32. The second kappa shape index (κ2) is 34.9. The average Bonchev–Trinajstić information content (AvgIpc) is 3.55. The Balaban J connectivity index is 1.85. The van der Waals surface area contributed by atoms with Crippen LogP contribution < -0.4 is 11.4 Å². The van der Waals surface area contributed by atoms with E-state index in [9.17, 15) is 48.6 Å². The van der Waals surface area contributed by atoms with E-state index >= 15 is 0 Å². The normalized spacial score (nSPS) is 20.5. The van der Waals surface area contributed by atoms with Gasteiger partial charge in [-0.05, 0) is 63.9 Å². The van der Waals surface area contributed by atoms with Crippen LogP contribution in [-0.2, 0) is 46.3 Å². The number of unbranched alkanes of at least 4 members (excludes halogenated alkanes) is 13. The van der Waals surface area contributed by atoms with Gasteiger partial charge in [-0.3, -0.25) is 23.2 Å². The fraction of sp³-hybridized carbons (Fsp3) is 0.696. The van der Waals surface area contributed by atoms with Crippen molar-refractivity contribution in [3.8, 4) is 0 Å². The number of nitrogens with zero attached hydrogens (tertiary/aromatic N) is 2. The Morgan fingerprint density at radius 3 is 2.10 bits per heavy atom. The van der Waals surface area contributed by atoms with Gasteiger partial charge in [0.1, 0.15) is 30.7 Å². The van der Waals surface area contributed by atoms with Crippen LogP contribution in [0.15, 0.2) is 65.7 Å². The number of aliphatic hydroxyl groups is 3. The number of allylic oxidation sites excluding steroid dienone is 7. The molecule has 2 rings (SSSR count). The number of anilines is 1. The van der Waals surface area contributed by atoms with Gasteiger partial charge in [0, 0.05) is 19.0 Å². The van der Waals surface area contributed by atoms with Crippen LogP contribution in [0.5, 0.6) is 0 Å². The lowest BCUT2D eigenvalue weighted by molar-refractivity contribution is -0.161. The van der Waals surface area contributed by atoms with Crippen molar-refractivity contribution in [1.82, 2.24) is 9.55 Å². The van der Waals surface area contributed by atoms with Gasteiger partial charge in [-0.1, -0.05) is 127 Å². The molecule has 1 aliphatic heterocycles. The molecule has 1 aromatic heterocycles. The zero-order chi connectivity index (χ0) is 49.3. The number of aromatic nitrogens is 2. The summed E-state index contributed by atoms with van der Waals surface area (Å²) in [7, 11) is -10.9. The van der Waals surface area contributed by atoms with Gasteiger partial charge in [0.15, 0.2) is 12.3 Å². The molecule has 0 radical (unpaired) electrons. The van der Waals surface area contributed by atoms with Crippen molar-refractivity contribution >= 4 is 33.4 Å². The number of hydrogen-bond acceptors (Lipinski definition) is 16. The molecular formula is C46H77N3O16P2. The van der Waals surface area contributed by atoms with E-state index in [-0.39, 0.29) is 18.7 Å². The van der Waals surface area contributed by atoms with Crippen LogP contribution in [0.4, 0.5) is 5.82 Å². The third kappa shape index (κ3) is 28.1. The monoisotopic (exact) mass is 989 g/mol. The van der Waals surface area contributed by atoms with Crippen molar-refractivity contribution in [2.24, 2.45) is 0 Å². The first-order chi connectivity index (χ1) is 32.1. The quantitative estimate of drug-likeness (QED) is 0.0120. The van der Waals surface area contributed by atoms with Gasteiger partial charge >= 0.3 is 33.3 Å². The highest BCUT2D eigenvalue weighted by atomic mass is 31.3. The fourth-order valence-corrected chi connectivity index (χ4v) is 8.89. The molecule has 7 N–H and O–H groups in total. The Bertz CT molecular complexity index is 1820. The maximum Gasteiger partial charge on any atom is 0.481 e. The molecule has 0 aliphatic carbocycles. The van der Waals surface area contributed by atoms with Crippen molar-refractivity contribution in [2.45, 2.75) is 185 Å².